The second-order valence-corrected chi connectivity index (χ2v) is 5.96. The molecule has 2 aromatic carbocycles. The highest BCUT2D eigenvalue weighted by Gasteiger charge is 2.24. The fraction of sp³-hybridized carbons (Fsp3) is 0.0500. The molecule has 0 saturated carbocycles. The number of nitrogens with two attached hydrogens (primary N) is 1. The fourth-order valence-corrected chi connectivity index (χ4v) is 3.02. The van der Waals surface area contributed by atoms with Crippen molar-refractivity contribution in [3.63, 3.8) is 0 Å². The van der Waals surface area contributed by atoms with Gasteiger partial charge in [0.05, 0.1) is 16.7 Å². The van der Waals surface area contributed by atoms with Gasteiger partial charge in [-0.3, -0.25) is 9.36 Å². The molecule has 7 heteroatoms. The van der Waals surface area contributed by atoms with Crippen LogP contribution in [0.1, 0.15) is 10.4 Å². The molecule has 0 aliphatic rings. The standard InChI is InChI=1S/C20H16FN5O/c1-2-10-23-20(27)16-17-19(25-15-9-4-3-8-14(15)24-17)26(18(16)22)13-7-5-6-12(21)11-13/h2-9,11H,1,10,22H2,(H,23,27). The molecule has 0 unspecified atom stereocenters. The van der Waals surface area contributed by atoms with Crippen LogP contribution in [0.25, 0.3) is 27.9 Å². The number of fused-ring (bicyclic) bond motifs is 2. The Balaban J connectivity index is 2.07. The zero-order valence-electron chi connectivity index (χ0n) is 14.3. The average Bonchev–Trinajstić information content (AvgIpc) is 2.95. The number of nitrogens with one attached hydrogen (secondary N) is 1. The van der Waals surface area contributed by atoms with E-state index in [-0.39, 0.29) is 17.9 Å². The maximum Gasteiger partial charge on any atom is 0.257 e. The van der Waals surface area contributed by atoms with Crippen LogP contribution in [0, 0.1) is 5.82 Å². The monoisotopic (exact) mass is 361 g/mol. The predicted octanol–water partition coefficient (Wildman–Crippen LogP) is 3.21. The van der Waals surface area contributed by atoms with Gasteiger partial charge in [-0.2, -0.15) is 0 Å². The number of amides is 1. The summed E-state index contributed by atoms with van der Waals surface area (Å²) in [5, 5.41) is 2.71. The van der Waals surface area contributed by atoms with E-state index in [1.54, 1.807) is 22.8 Å². The minimum absolute atomic E-state index is 0.146. The molecule has 0 fully saturated rings. The van der Waals surface area contributed by atoms with Crippen molar-refractivity contribution < 1.29 is 9.18 Å². The molecule has 0 atom stereocenters. The number of carbonyl (C=O) groups is 1. The van der Waals surface area contributed by atoms with Crippen LogP contribution >= 0.6 is 0 Å². The molecule has 0 radical (unpaired) electrons. The molecule has 0 spiro atoms. The van der Waals surface area contributed by atoms with Gasteiger partial charge in [-0.1, -0.05) is 24.3 Å². The van der Waals surface area contributed by atoms with Crippen LogP contribution in [0.2, 0.25) is 0 Å². The van der Waals surface area contributed by atoms with Gasteiger partial charge in [0.15, 0.2) is 5.65 Å². The van der Waals surface area contributed by atoms with Gasteiger partial charge in [0.1, 0.15) is 22.7 Å². The molecule has 2 heterocycles. The Morgan fingerprint density at radius 1 is 1.19 bits per heavy atom. The smallest absolute Gasteiger partial charge is 0.257 e. The van der Waals surface area contributed by atoms with Gasteiger partial charge in [-0.15, -0.1) is 6.58 Å². The topological polar surface area (TPSA) is 85.8 Å². The van der Waals surface area contributed by atoms with E-state index in [1.807, 2.05) is 24.3 Å². The molecule has 2 aromatic heterocycles. The van der Waals surface area contributed by atoms with Crippen LogP contribution in [-0.4, -0.2) is 27.0 Å². The molecular formula is C20H16FN5O. The van der Waals surface area contributed by atoms with Crippen molar-refractivity contribution in [2.24, 2.45) is 0 Å². The van der Waals surface area contributed by atoms with Crippen molar-refractivity contribution in [2.45, 2.75) is 0 Å². The first-order valence-corrected chi connectivity index (χ1v) is 8.32. The third kappa shape index (κ3) is 2.79. The summed E-state index contributed by atoms with van der Waals surface area (Å²) in [6.07, 6.45) is 1.57. The number of hydrogen-bond acceptors (Lipinski definition) is 4. The molecular weight excluding hydrogens is 345 g/mol. The third-order valence-electron chi connectivity index (χ3n) is 4.20. The van der Waals surface area contributed by atoms with E-state index in [4.69, 9.17) is 5.73 Å². The lowest BCUT2D eigenvalue weighted by molar-refractivity contribution is 0.0960. The second-order valence-electron chi connectivity index (χ2n) is 5.96. The van der Waals surface area contributed by atoms with Crippen LogP contribution in [0.5, 0.6) is 0 Å². The Bertz CT molecular complexity index is 1200. The summed E-state index contributed by atoms with van der Waals surface area (Å²) in [6.45, 7) is 3.88. The highest BCUT2D eigenvalue weighted by Crippen LogP contribution is 2.31. The number of rotatable bonds is 4. The van der Waals surface area contributed by atoms with Crippen LogP contribution in [0.4, 0.5) is 10.2 Å². The van der Waals surface area contributed by atoms with Crippen molar-refractivity contribution >= 4 is 33.9 Å². The summed E-state index contributed by atoms with van der Waals surface area (Å²) in [6, 6.07) is 13.2. The number of carbonyl (C=O) groups excluding carboxylic acids is 1. The van der Waals surface area contributed by atoms with Gasteiger partial charge < -0.3 is 11.1 Å². The average molecular weight is 361 g/mol. The number of nitrogen functional groups attached to an aromatic ring is 1. The normalized spacial score (nSPS) is 11.0. The minimum atomic E-state index is -0.417. The van der Waals surface area contributed by atoms with Crippen LogP contribution in [0.3, 0.4) is 0 Å². The van der Waals surface area contributed by atoms with Crippen molar-refractivity contribution in [1.29, 1.82) is 0 Å². The lowest BCUT2D eigenvalue weighted by Gasteiger charge is -2.08. The first-order chi connectivity index (χ1) is 13.1. The quantitative estimate of drug-likeness (QED) is 0.547. The first kappa shape index (κ1) is 16.7. The molecule has 4 aromatic rings. The number of benzene rings is 2. The Kier molecular flexibility index (Phi) is 4.04. The van der Waals surface area contributed by atoms with Crippen molar-refractivity contribution in [3.05, 3.63) is 72.6 Å². The molecule has 134 valence electrons. The second kappa shape index (κ2) is 6.53. The number of nitrogens with zero attached hydrogens (tertiary/aromatic N) is 3. The van der Waals surface area contributed by atoms with E-state index in [9.17, 15) is 9.18 Å². The van der Waals surface area contributed by atoms with Gasteiger partial charge in [0.2, 0.25) is 0 Å². The molecule has 0 bridgehead atoms. The predicted molar refractivity (Wildman–Crippen MR) is 103 cm³/mol. The van der Waals surface area contributed by atoms with Gasteiger partial charge in [0, 0.05) is 6.54 Å². The third-order valence-corrected chi connectivity index (χ3v) is 4.20. The molecule has 1 amide bonds. The van der Waals surface area contributed by atoms with E-state index in [0.29, 0.717) is 27.9 Å². The van der Waals surface area contributed by atoms with Crippen molar-refractivity contribution in [1.82, 2.24) is 19.9 Å². The Hall–Kier alpha value is -3.74. The maximum atomic E-state index is 13.8. The summed E-state index contributed by atoms with van der Waals surface area (Å²) >= 11 is 0. The SMILES string of the molecule is C=CCNC(=O)c1c(N)n(-c2cccc(F)c2)c2nc3ccccc3nc12. The zero-order chi connectivity index (χ0) is 19.0. The maximum absolute atomic E-state index is 13.8. The molecule has 0 aliphatic heterocycles. The van der Waals surface area contributed by atoms with Crippen LogP contribution in [-0.2, 0) is 0 Å². The van der Waals surface area contributed by atoms with Crippen molar-refractivity contribution in [3.8, 4) is 5.69 Å². The number of aromatic nitrogens is 3. The number of hydrogen-bond donors (Lipinski definition) is 2. The highest BCUT2D eigenvalue weighted by molar-refractivity contribution is 6.11. The van der Waals surface area contributed by atoms with Gasteiger partial charge in [-0.25, -0.2) is 14.4 Å². The fourth-order valence-electron chi connectivity index (χ4n) is 3.02. The van der Waals surface area contributed by atoms with Gasteiger partial charge in [-0.05, 0) is 30.3 Å². The lowest BCUT2D eigenvalue weighted by atomic mass is 10.2. The van der Waals surface area contributed by atoms with Crippen molar-refractivity contribution in [2.75, 3.05) is 12.3 Å². The zero-order valence-corrected chi connectivity index (χ0v) is 14.3. The molecule has 0 saturated heterocycles. The summed E-state index contributed by atoms with van der Waals surface area (Å²) in [4.78, 5) is 21.9. The number of anilines is 1. The molecule has 6 nitrogen and oxygen atoms in total. The largest absolute Gasteiger partial charge is 0.384 e. The Morgan fingerprint density at radius 2 is 1.93 bits per heavy atom. The molecule has 4 rings (SSSR count). The first-order valence-electron chi connectivity index (χ1n) is 8.32. The summed E-state index contributed by atoms with van der Waals surface area (Å²) < 4.78 is 15.3. The minimum Gasteiger partial charge on any atom is -0.384 e. The van der Waals surface area contributed by atoms with E-state index in [2.05, 4.69) is 21.9 Å². The Morgan fingerprint density at radius 3 is 2.63 bits per heavy atom. The lowest BCUT2D eigenvalue weighted by Crippen LogP contribution is -2.24. The van der Waals surface area contributed by atoms with Crippen LogP contribution < -0.4 is 11.1 Å². The molecule has 3 N–H and O–H groups in total. The van der Waals surface area contributed by atoms with E-state index < -0.39 is 11.7 Å². The van der Waals surface area contributed by atoms with Crippen LogP contribution in [0.15, 0.2) is 61.2 Å². The van der Waals surface area contributed by atoms with Gasteiger partial charge in [0.25, 0.3) is 5.91 Å². The summed E-state index contributed by atoms with van der Waals surface area (Å²) in [5.41, 5.74) is 9.01. The van der Waals surface area contributed by atoms with E-state index >= 15 is 0 Å². The number of halogens is 1. The van der Waals surface area contributed by atoms with E-state index in [0.717, 1.165) is 0 Å². The summed E-state index contributed by atoms with van der Waals surface area (Å²) in [7, 11) is 0. The Labute approximate surface area is 154 Å². The van der Waals surface area contributed by atoms with E-state index in [1.165, 1.54) is 12.1 Å². The summed E-state index contributed by atoms with van der Waals surface area (Å²) in [5.74, 6) is -0.662. The highest BCUT2D eigenvalue weighted by atomic mass is 19.1. The molecule has 0 aliphatic carbocycles. The van der Waals surface area contributed by atoms with Gasteiger partial charge >= 0.3 is 0 Å². The molecule has 27 heavy (non-hydrogen) atoms. The number of para-hydroxylation sites is 2.